The molecule has 0 heterocycles. The van der Waals surface area contributed by atoms with E-state index < -0.39 is 0 Å². The molecule has 0 atom stereocenters. The maximum atomic E-state index is 9.01. The zero-order valence-electron chi connectivity index (χ0n) is 10.3. The van der Waals surface area contributed by atoms with E-state index in [2.05, 4.69) is 19.2 Å². The van der Waals surface area contributed by atoms with Crippen molar-refractivity contribution in [2.75, 3.05) is 33.4 Å². The summed E-state index contributed by atoms with van der Waals surface area (Å²) >= 11 is 0. The van der Waals surface area contributed by atoms with Crippen LogP contribution in [0.2, 0.25) is 0 Å². The first-order chi connectivity index (χ1) is 7.20. The predicted octanol–water partition coefficient (Wildman–Crippen LogP) is 1.07. The molecule has 0 unspecified atom stereocenters. The SMILES string of the molecule is C[N+](CCO)(CCO)Cc1ccccc1.[CH3-]. The molecule has 0 amide bonds. The molecule has 0 fully saturated rings. The second-order valence-corrected chi connectivity index (χ2v) is 4.16. The number of hydrogen-bond acceptors (Lipinski definition) is 2. The Hall–Kier alpha value is -0.900. The second-order valence-electron chi connectivity index (χ2n) is 4.16. The van der Waals surface area contributed by atoms with Gasteiger partial charge >= 0.3 is 0 Å². The lowest BCUT2D eigenvalue weighted by Crippen LogP contribution is -2.47. The molecule has 1 rings (SSSR count). The van der Waals surface area contributed by atoms with Crippen molar-refractivity contribution < 1.29 is 14.7 Å². The molecule has 16 heavy (non-hydrogen) atoms. The van der Waals surface area contributed by atoms with Crippen molar-refractivity contribution in [1.29, 1.82) is 0 Å². The molecule has 0 saturated heterocycles. The summed E-state index contributed by atoms with van der Waals surface area (Å²) in [5.41, 5.74) is 1.24. The van der Waals surface area contributed by atoms with Gasteiger partial charge in [0.05, 0.1) is 20.3 Å². The maximum absolute atomic E-state index is 9.01. The second kappa shape index (κ2) is 7.39. The summed E-state index contributed by atoms with van der Waals surface area (Å²) in [5, 5.41) is 18.0. The Morgan fingerprint density at radius 2 is 1.50 bits per heavy atom. The smallest absolute Gasteiger partial charge is 0.104 e. The van der Waals surface area contributed by atoms with Gasteiger partial charge < -0.3 is 22.1 Å². The molecule has 2 N–H and O–H groups in total. The van der Waals surface area contributed by atoms with Gasteiger partial charge in [-0.15, -0.1) is 0 Å². The Morgan fingerprint density at radius 1 is 1.00 bits per heavy atom. The number of likely N-dealkylation sites (N-methyl/N-ethyl adjacent to an activating group) is 1. The molecule has 0 saturated carbocycles. The highest BCUT2D eigenvalue weighted by molar-refractivity contribution is 5.13. The number of aliphatic hydroxyl groups is 2. The number of aliphatic hydroxyl groups excluding tert-OH is 2. The molecule has 3 nitrogen and oxygen atoms in total. The molecule has 0 aliphatic rings. The van der Waals surface area contributed by atoms with Gasteiger partial charge in [-0.25, -0.2) is 0 Å². The van der Waals surface area contributed by atoms with Crippen LogP contribution >= 0.6 is 0 Å². The lowest BCUT2D eigenvalue weighted by Gasteiger charge is -2.33. The lowest BCUT2D eigenvalue weighted by atomic mass is 10.2. The third-order valence-electron chi connectivity index (χ3n) is 2.69. The zero-order chi connectivity index (χ0) is 11.1. The van der Waals surface area contributed by atoms with Gasteiger partial charge in [0.2, 0.25) is 0 Å². The van der Waals surface area contributed by atoms with Crippen molar-refractivity contribution in [3.05, 3.63) is 43.3 Å². The van der Waals surface area contributed by atoms with Crippen LogP contribution in [0.3, 0.4) is 0 Å². The fraction of sp³-hybridized carbons (Fsp3) is 0.462. The normalized spacial score (nSPS) is 10.9. The average molecular weight is 225 g/mol. The van der Waals surface area contributed by atoms with E-state index in [0.717, 1.165) is 6.54 Å². The van der Waals surface area contributed by atoms with E-state index in [9.17, 15) is 0 Å². The van der Waals surface area contributed by atoms with Crippen LogP contribution in [0.1, 0.15) is 5.56 Å². The third kappa shape index (κ3) is 4.75. The number of hydrogen-bond donors (Lipinski definition) is 2. The molecule has 0 bridgehead atoms. The van der Waals surface area contributed by atoms with E-state index in [0.29, 0.717) is 17.6 Å². The number of nitrogens with zero attached hydrogens (tertiary/aromatic N) is 1. The first kappa shape index (κ1) is 15.1. The lowest BCUT2D eigenvalue weighted by molar-refractivity contribution is -0.923. The minimum atomic E-state index is 0. The van der Waals surface area contributed by atoms with Crippen LogP contribution in [0.5, 0.6) is 0 Å². The van der Waals surface area contributed by atoms with E-state index in [1.165, 1.54) is 5.56 Å². The highest BCUT2D eigenvalue weighted by Gasteiger charge is 2.20. The number of quaternary nitrogens is 1. The molecule has 3 heteroatoms. The van der Waals surface area contributed by atoms with Crippen molar-refractivity contribution in [2.45, 2.75) is 6.54 Å². The molecule has 0 aliphatic carbocycles. The van der Waals surface area contributed by atoms with Crippen LogP contribution in [0.4, 0.5) is 0 Å². The van der Waals surface area contributed by atoms with Crippen LogP contribution in [-0.4, -0.2) is 48.0 Å². The van der Waals surface area contributed by atoms with Gasteiger partial charge in [-0.05, 0) is 0 Å². The zero-order valence-corrected chi connectivity index (χ0v) is 10.3. The maximum Gasteiger partial charge on any atom is 0.104 e. The molecular weight excluding hydrogens is 202 g/mol. The van der Waals surface area contributed by atoms with Crippen LogP contribution < -0.4 is 0 Å². The van der Waals surface area contributed by atoms with Crippen molar-refractivity contribution in [3.8, 4) is 0 Å². The van der Waals surface area contributed by atoms with Crippen molar-refractivity contribution in [2.24, 2.45) is 0 Å². The molecular formula is C13H23NO2. The average Bonchev–Trinajstić information content (AvgIpc) is 2.19. The quantitative estimate of drug-likeness (QED) is 0.561. The summed E-state index contributed by atoms with van der Waals surface area (Å²) in [7, 11) is 2.06. The highest BCUT2D eigenvalue weighted by Crippen LogP contribution is 2.10. The molecule has 1 aromatic carbocycles. The van der Waals surface area contributed by atoms with Crippen LogP contribution in [0.15, 0.2) is 30.3 Å². The van der Waals surface area contributed by atoms with E-state index in [1.807, 2.05) is 18.2 Å². The van der Waals surface area contributed by atoms with Gasteiger partial charge in [0, 0.05) is 5.56 Å². The minimum absolute atomic E-state index is 0. The Kier molecular flexibility index (Phi) is 6.97. The molecule has 92 valence electrons. The first-order valence-electron chi connectivity index (χ1n) is 5.29. The molecule has 0 radical (unpaired) electrons. The van der Waals surface area contributed by atoms with Crippen molar-refractivity contribution in [1.82, 2.24) is 0 Å². The highest BCUT2D eigenvalue weighted by atomic mass is 16.3. The summed E-state index contributed by atoms with van der Waals surface area (Å²) in [4.78, 5) is 0. The van der Waals surface area contributed by atoms with Crippen LogP contribution in [0.25, 0.3) is 0 Å². The van der Waals surface area contributed by atoms with Gasteiger partial charge in [-0.2, -0.15) is 0 Å². The Morgan fingerprint density at radius 3 is 1.94 bits per heavy atom. The van der Waals surface area contributed by atoms with E-state index in [1.54, 1.807) is 0 Å². The van der Waals surface area contributed by atoms with Crippen molar-refractivity contribution in [3.63, 3.8) is 0 Å². The number of rotatable bonds is 6. The van der Waals surface area contributed by atoms with E-state index in [-0.39, 0.29) is 20.6 Å². The fourth-order valence-electron chi connectivity index (χ4n) is 1.78. The Bertz CT molecular complexity index is 269. The van der Waals surface area contributed by atoms with Gasteiger partial charge in [0.15, 0.2) is 0 Å². The summed E-state index contributed by atoms with van der Waals surface area (Å²) in [6.07, 6.45) is 0. The molecule has 0 aliphatic heterocycles. The molecule has 1 aromatic rings. The van der Waals surface area contributed by atoms with Crippen molar-refractivity contribution >= 4 is 0 Å². The van der Waals surface area contributed by atoms with E-state index >= 15 is 0 Å². The van der Waals surface area contributed by atoms with Gasteiger partial charge in [0.1, 0.15) is 19.6 Å². The van der Waals surface area contributed by atoms with Gasteiger partial charge in [-0.1, -0.05) is 30.3 Å². The largest absolute Gasteiger partial charge is 0.391 e. The third-order valence-corrected chi connectivity index (χ3v) is 2.69. The summed E-state index contributed by atoms with van der Waals surface area (Å²) in [6.45, 7) is 2.51. The van der Waals surface area contributed by atoms with Gasteiger partial charge in [0.25, 0.3) is 0 Å². The van der Waals surface area contributed by atoms with Gasteiger partial charge in [-0.3, -0.25) is 0 Å². The molecule has 0 aromatic heterocycles. The number of benzene rings is 1. The monoisotopic (exact) mass is 225 g/mol. The molecule has 0 spiro atoms. The summed E-state index contributed by atoms with van der Waals surface area (Å²) in [6, 6.07) is 10.2. The Balaban J connectivity index is 0.00000225. The fourth-order valence-corrected chi connectivity index (χ4v) is 1.78. The van der Waals surface area contributed by atoms with Crippen LogP contribution in [0, 0.1) is 7.43 Å². The summed E-state index contributed by atoms with van der Waals surface area (Å²) < 4.78 is 0.678. The van der Waals surface area contributed by atoms with Crippen LogP contribution in [-0.2, 0) is 6.54 Å². The summed E-state index contributed by atoms with van der Waals surface area (Å²) in [5.74, 6) is 0. The predicted molar refractivity (Wildman–Crippen MR) is 66.7 cm³/mol. The minimum Gasteiger partial charge on any atom is -0.391 e. The topological polar surface area (TPSA) is 40.5 Å². The first-order valence-corrected chi connectivity index (χ1v) is 5.29. The standard InChI is InChI=1S/C12H20NO2.CH3/c1-13(7-9-14,8-10-15)11-12-5-3-2-4-6-12;/h2-6,14-15H,7-11H2,1H3;1H3/q+1;-1. The van der Waals surface area contributed by atoms with E-state index in [4.69, 9.17) is 10.2 Å². The Labute approximate surface area is 98.6 Å².